The molecular weight excluding hydrogens is 188 g/mol. The summed E-state index contributed by atoms with van der Waals surface area (Å²) in [6.07, 6.45) is 0. The van der Waals surface area contributed by atoms with Crippen molar-refractivity contribution in [3.05, 3.63) is 31.5 Å². The van der Waals surface area contributed by atoms with E-state index in [1.54, 1.807) is 0 Å². The van der Waals surface area contributed by atoms with Gasteiger partial charge in [0.05, 0.1) is 0 Å². The molecule has 1 aromatic heterocycles. The van der Waals surface area contributed by atoms with Crippen molar-refractivity contribution in [3.63, 3.8) is 0 Å². The monoisotopic (exact) mass is 200 g/mol. The quantitative estimate of drug-likeness (QED) is 0.558. The standard InChI is InChI=1S/C7H12N4O3/c1-9-5(12)10(2)7(14)11(4-3-8)6(9)13/h3-4,8H2,1-2H3. The first-order valence-electron chi connectivity index (χ1n) is 4.07. The number of aromatic nitrogens is 3. The SMILES string of the molecule is Cn1c(=O)n(C)c(=O)n(CCN)c1=O. The second kappa shape index (κ2) is 3.62. The van der Waals surface area contributed by atoms with Crippen molar-refractivity contribution >= 4 is 0 Å². The van der Waals surface area contributed by atoms with Crippen LogP contribution in [0.4, 0.5) is 0 Å². The van der Waals surface area contributed by atoms with Crippen LogP contribution in [-0.2, 0) is 20.6 Å². The van der Waals surface area contributed by atoms with Crippen LogP contribution in [0, 0.1) is 0 Å². The second-order valence-corrected chi connectivity index (χ2v) is 2.91. The molecule has 1 heterocycles. The Labute approximate surface area is 79.0 Å². The maximum Gasteiger partial charge on any atom is 0.336 e. The van der Waals surface area contributed by atoms with Gasteiger partial charge in [0.15, 0.2) is 0 Å². The number of nitrogens with two attached hydrogens (primary N) is 1. The molecule has 7 heteroatoms. The van der Waals surface area contributed by atoms with Gasteiger partial charge in [-0.2, -0.15) is 0 Å². The minimum Gasteiger partial charge on any atom is -0.329 e. The summed E-state index contributed by atoms with van der Waals surface area (Å²) in [5.74, 6) is 0. The third kappa shape index (κ3) is 1.41. The highest BCUT2D eigenvalue weighted by Gasteiger charge is 2.08. The highest BCUT2D eigenvalue weighted by Crippen LogP contribution is 1.67. The molecule has 1 aromatic rings. The number of nitrogens with zero attached hydrogens (tertiary/aromatic N) is 3. The van der Waals surface area contributed by atoms with Crippen molar-refractivity contribution in [2.24, 2.45) is 19.8 Å². The van der Waals surface area contributed by atoms with E-state index in [0.29, 0.717) is 0 Å². The maximum absolute atomic E-state index is 11.4. The highest BCUT2D eigenvalue weighted by atomic mass is 16.2. The predicted octanol–water partition coefficient (Wildman–Crippen LogP) is -2.80. The second-order valence-electron chi connectivity index (χ2n) is 2.91. The topological polar surface area (TPSA) is 92.0 Å². The van der Waals surface area contributed by atoms with E-state index in [0.717, 1.165) is 13.7 Å². The van der Waals surface area contributed by atoms with Gasteiger partial charge >= 0.3 is 17.1 Å². The summed E-state index contributed by atoms with van der Waals surface area (Å²) in [5, 5.41) is 0. The zero-order chi connectivity index (χ0) is 10.9. The first-order valence-corrected chi connectivity index (χ1v) is 4.07. The van der Waals surface area contributed by atoms with Crippen LogP contribution in [-0.4, -0.2) is 20.2 Å². The van der Waals surface area contributed by atoms with E-state index in [4.69, 9.17) is 5.73 Å². The van der Waals surface area contributed by atoms with Gasteiger partial charge in [0.25, 0.3) is 0 Å². The van der Waals surface area contributed by atoms with E-state index >= 15 is 0 Å². The Morgan fingerprint density at radius 3 is 1.79 bits per heavy atom. The first-order chi connectivity index (χ1) is 6.50. The summed E-state index contributed by atoms with van der Waals surface area (Å²) in [7, 11) is 2.63. The van der Waals surface area contributed by atoms with Crippen LogP contribution < -0.4 is 22.8 Å². The summed E-state index contributed by atoms with van der Waals surface area (Å²) in [4.78, 5) is 34.1. The summed E-state index contributed by atoms with van der Waals surface area (Å²) < 4.78 is 2.68. The lowest BCUT2D eigenvalue weighted by molar-refractivity contribution is 0.508. The van der Waals surface area contributed by atoms with Gasteiger partial charge in [-0.3, -0.25) is 0 Å². The Morgan fingerprint density at radius 2 is 1.43 bits per heavy atom. The van der Waals surface area contributed by atoms with Crippen molar-refractivity contribution < 1.29 is 0 Å². The Hall–Kier alpha value is -1.63. The molecule has 0 saturated heterocycles. The molecule has 0 radical (unpaired) electrons. The molecule has 0 unspecified atom stereocenters. The summed E-state index contributed by atoms with van der Waals surface area (Å²) in [5.41, 5.74) is 3.34. The molecule has 0 atom stereocenters. The van der Waals surface area contributed by atoms with Crippen molar-refractivity contribution in [1.82, 2.24) is 13.7 Å². The van der Waals surface area contributed by atoms with Gasteiger partial charge in [-0.1, -0.05) is 0 Å². The number of hydrogen-bond acceptors (Lipinski definition) is 4. The third-order valence-corrected chi connectivity index (χ3v) is 1.96. The van der Waals surface area contributed by atoms with E-state index in [9.17, 15) is 14.4 Å². The van der Waals surface area contributed by atoms with Gasteiger partial charge in [0.2, 0.25) is 0 Å². The number of hydrogen-bond donors (Lipinski definition) is 1. The molecule has 14 heavy (non-hydrogen) atoms. The summed E-state index contributed by atoms with van der Waals surface area (Å²) in [6.45, 7) is 0.285. The Morgan fingerprint density at radius 1 is 1.00 bits per heavy atom. The lowest BCUT2D eigenvalue weighted by Crippen LogP contribution is -2.53. The molecule has 0 aromatic carbocycles. The van der Waals surface area contributed by atoms with Crippen LogP contribution in [0.15, 0.2) is 14.4 Å². The smallest absolute Gasteiger partial charge is 0.329 e. The molecule has 0 spiro atoms. The van der Waals surface area contributed by atoms with E-state index in [2.05, 4.69) is 0 Å². The van der Waals surface area contributed by atoms with Crippen LogP contribution in [0.3, 0.4) is 0 Å². The molecule has 78 valence electrons. The van der Waals surface area contributed by atoms with E-state index in [1.165, 1.54) is 14.1 Å². The van der Waals surface area contributed by atoms with Gasteiger partial charge in [-0.15, -0.1) is 0 Å². The van der Waals surface area contributed by atoms with Gasteiger partial charge in [0, 0.05) is 27.2 Å². The van der Waals surface area contributed by atoms with Crippen LogP contribution >= 0.6 is 0 Å². The lowest BCUT2D eigenvalue weighted by atomic mass is 10.6. The fraction of sp³-hybridized carbons (Fsp3) is 0.571. The van der Waals surface area contributed by atoms with Gasteiger partial charge in [-0.25, -0.2) is 28.1 Å². The fourth-order valence-electron chi connectivity index (χ4n) is 1.15. The molecule has 7 nitrogen and oxygen atoms in total. The molecule has 0 amide bonds. The molecule has 1 rings (SSSR count). The first kappa shape index (κ1) is 10.5. The summed E-state index contributed by atoms with van der Waals surface area (Å²) >= 11 is 0. The van der Waals surface area contributed by atoms with Crippen LogP contribution in [0.5, 0.6) is 0 Å². The van der Waals surface area contributed by atoms with Crippen molar-refractivity contribution in [1.29, 1.82) is 0 Å². The highest BCUT2D eigenvalue weighted by molar-refractivity contribution is 4.75. The predicted molar refractivity (Wildman–Crippen MR) is 50.2 cm³/mol. The molecule has 0 bridgehead atoms. The van der Waals surface area contributed by atoms with E-state index in [1.807, 2.05) is 0 Å². The van der Waals surface area contributed by atoms with E-state index < -0.39 is 17.1 Å². The molecule has 2 N–H and O–H groups in total. The molecule has 0 saturated carbocycles. The fourth-order valence-corrected chi connectivity index (χ4v) is 1.15. The lowest BCUT2D eigenvalue weighted by Gasteiger charge is -2.06. The normalized spacial score (nSPS) is 10.5. The van der Waals surface area contributed by atoms with Crippen LogP contribution in [0.2, 0.25) is 0 Å². The van der Waals surface area contributed by atoms with Gasteiger partial charge < -0.3 is 5.73 Å². The molecule has 0 aliphatic carbocycles. The number of rotatable bonds is 2. The Balaban J connectivity index is 3.70. The zero-order valence-corrected chi connectivity index (χ0v) is 8.06. The minimum absolute atomic E-state index is 0.111. The van der Waals surface area contributed by atoms with Crippen LogP contribution in [0.1, 0.15) is 0 Å². The molecule has 0 aliphatic heterocycles. The van der Waals surface area contributed by atoms with Crippen molar-refractivity contribution in [2.75, 3.05) is 6.54 Å². The van der Waals surface area contributed by atoms with Crippen molar-refractivity contribution in [3.8, 4) is 0 Å². The summed E-state index contributed by atoms with van der Waals surface area (Å²) in [6, 6.07) is 0. The maximum atomic E-state index is 11.4. The molecule has 0 fully saturated rings. The van der Waals surface area contributed by atoms with E-state index in [-0.39, 0.29) is 13.1 Å². The molecular formula is C7H12N4O3. The average molecular weight is 200 g/mol. The van der Waals surface area contributed by atoms with Crippen LogP contribution in [0.25, 0.3) is 0 Å². The minimum atomic E-state index is -0.636. The largest absolute Gasteiger partial charge is 0.336 e. The zero-order valence-electron chi connectivity index (χ0n) is 8.06. The average Bonchev–Trinajstić information content (AvgIpc) is 2.19. The van der Waals surface area contributed by atoms with Gasteiger partial charge in [0.1, 0.15) is 0 Å². The Kier molecular flexibility index (Phi) is 2.70. The van der Waals surface area contributed by atoms with Crippen molar-refractivity contribution in [2.45, 2.75) is 6.54 Å². The molecule has 0 aliphatic rings. The third-order valence-electron chi connectivity index (χ3n) is 1.96. The Bertz CT molecular complexity index is 467. The van der Waals surface area contributed by atoms with Gasteiger partial charge in [-0.05, 0) is 0 Å².